The van der Waals surface area contributed by atoms with E-state index in [1.807, 2.05) is 57.4 Å². The monoisotopic (exact) mass is 798 g/mol. The van der Waals surface area contributed by atoms with Gasteiger partial charge in [0.1, 0.15) is 11.5 Å². The first-order chi connectivity index (χ1) is 26.1. The number of rotatable bonds is 11. The molecule has 0 radical (unpaired) electrons. The van der Waals surface area contributed by atoms with Crippen LogP contribution in [0.5, 0.6) is 11.5 Å². The number of hydrogen-bond donors (Lipinski definition) is 2. The highest BCUT2D eigenvalue weighted by Crippen LogP contribution is 2.25. The van der Waals surface area contributed by atoms with Gasteiger partial charge in [0, 0.05) is 36.7 Å². The lowest BCUT2D eigenvalue weighted by Gasteiger charge is -2.07. The number of aryl methyl sites for hydroxylation is 2. The van der Waals surface area contributed by atoms with Crippen molar-refractivity contribution < 1.29 is 29.3 Å². The zero-order chi connectivity index (χ0) is 39.3. The van der Waals surface area contributed by atoms with E-state index in [1.54, 1.807) is 59.9 Å². The number of hydrogen-bond acceptors (Lipinski definition) is 6. The summed E-state index contributed by atoms with van der Waals surface area (Å²) < 4.78 is 10.5. The van der Waals surface area contributed by atoms with Gasteiger partial charge in [0.2, 0.25) is 0 Å². The highest BCUT2D eigenvalue weighted by Gasteiger charge is 2.07. The van der Waals surface area contributed by atoms with Crippen molar-refractivity contribution in [1.82, 2.24) is 0 Å². The van der Waals surface area contributed by atoms with Crippen molar-refractivity contribution in [2.45, 2.75) is 37.0 Å². The summed E-state index contributed by atoms with van der Waals surface area (Å²) in [5.41, 5.74) is 5.30. The molecular weight excluding hydrogens is 760 g/mol. The zero-order valence-corrected chi connectivity index (χ0v) is 33.5. The van der Waals surface area contributed by atoms with Crippen LogP contribution in [-0.4, -0.2) is 47.4 Å². The van der Waals surface area contributed by atoms with Crippen LogP contribution in [0.25, 0.3) is 0 Å². The van der Waals surface area contributed by atoms with Gasteiger partial charge in [-0.2, -0.15) is 0 Å². The van der Waals surface area contributed by atoms with Crippen molar-refractivity contribution in [1.29, 1.82) is 0 Å². The van der Waals surface area contributed by atoms with E-state index in [0.29, 0.717) is 32.7 Å². The van der Waals surface area contributed by atoms with Gasteiger partial charge in [0.05, 0.1) is 11.1 Å². The van der Waals surface area contributed by atoms with Crippen LogP contribution in [0, 0.1) is 30.6 Å². The molecule has 0 saturated carbocycles. The fraction of sp³-hybridized carbons (Fsp3) is 0.182. The summed E-state index contributed by atoms with van der Waals surface area (Å²) in [4.78, 5) is 23.7. The number of ether oxygens (including phenoxy) is 2. The normalized spacial score (nSPS) is 9.74. The van der Waals surface area contributed by atoms with E-state index < -0.39 is 25.2 Å². The van der Waals surface area contributed by atoms with Crippen LogP contribution in [0.3, 0.4) is 0 Å². The van der Waals surface area contributed by atoms with Crippen molar-refractivity contribution in [2.75, 3.05) is 25.2 Å². The largest absolute Gasteiger partial charge is 0.481 e. The Morgan fingerprint density at radius 3 is 1.70 bits per heavy atom. The third-order valence-electron chi connectivity index (χ3n) is 7.06. The number of thioether (sulfide) groups is 2. The van der Waals surface area contributed by atoms with Gasteiger partial charge < -0.3 is 19.7 Å². The molecule has 0 saturated heterocycles. The van der Waals surface area contributed by atoms with Gasteiger partial charge in [-0.25, -0.2) is 9.59 Å². The van der Waals surface area contributed by atoms with E-state index in [2.05, 4.69) is 66.1 Å². The fourth-order valence-corrected chi connectivity index (χ4v) is 6.13. The lowest BCUT2D eigenvalue weighted by molar-refractivity contribution is -0.140. The molecule has 5 aromatic carbocycles. The molecule has 0 unspecified atom stereocenters. The smallest absolute Gasteiger partial charge is 0.341 e. The van der Waals surface area contributed by atoms with Gasteiger partial charge in [0.25, 0.3) is 0 Å². The molecule has 0 amide bonds. The molecule has 0 atom stereocenters. The minimum absolute atomic E-state index is 0.403. The number of halogens is 2. The van der Waals surface area contributed by atoms with Crippen molar-refractivity contribution in [2.24, 2.45) is 0 Å². The second-order valence-corrected chi connectivity index (χ2v) is 13.9. The molecule has 6 nitrogen and oxygen atoms in total. The van der Waals surface area contributed by atoms with Gasteiger partial charge in [-0.3, -0.25) is 0 Å². The molecule has 0 aliphatic heterocycles. The summed E-state index contributed by atoms with van der Waals surface area (Å²) in [7, 11) is 0. The third-order valence-corrected chi connectivity index (χ3v) is 9.27. The second kappa shape index (κ2) is 23.7. The standard InChI is InChI=1S/C25H21ClO3S.C17H13ClO3S.C2H6/c1-18-7-11-23(30-14-13-19-5-3-2-4-6-19)16-20(18)8-9-21-15-22(26)10-12-24(21)29-17-25(27)28;1-22-15-7-3-12(4-8-15)2-5-13-10-14(18)6-9-16(13)21-11-17(19)20;1-2/h2-7,10-12,15-16H,13-14,17H2,1H3,(H,27,28);3-4,6-10H,11H2,1H3,(H,19,20);1-2H3. The number of carbonyl (C=O) groups is 2. The van der Waals surface area contributed by atoms with E-state index >= 15 is 0 Å². The fourth-order valence-electron chi connectivity index (χ4n) is 4.44. The molecular formula is C44H40Cl2O6S2. The van der Waals surface area contributed by atoms with Crippen LogP contribution in [0.1, 0.15) is 47.2 Å². The SMILES string of the molecule is CC.CSc1ccc(C#Cc2cc(Cl)ccc2OCC(=O)O)cc1.Cc1ccc(SCCc2ccccc2)cc1C#Cc1cc(Cl)ccc1OCC(=O)O. The zero-order valence-electron chi connectivity index (χ0n) is 30.3. The average molecular weight is 800 g/mol. The number of carboxylic acids is 2. The van der Waals surface area contributed by atoms with E-state index in [1.165, 1.54) is 10.5 Å². The second-order valence-electron chi connectivity index (χ2n) is 10.9. The van der Waals surface area contributed by atoms with Crippen LogP contribution in [-0.2, 0) is 16.0 Å². The Bertz CT molecular complexity index is 2120. The predicted octanol–water partition coefficient (Wildman–Crippen LogP) is 10.8. The first-order valence-electron chi connectivity index (χ1n) is 16.8. The van der Waals surface area contributed by atoms with Crippen LogP contribution < -0.4 is 9.47 Å². The number of aliphatic carboxylic acids is 2. The lowest BCUT2D eigenvalue weighted by atomic mass is 10.1. The Labute approximate surface area is 336 Å². The molecule has 0 heterocycles. The lowest BCUT2D eigenvalue weighted by Crippen LogP contribution is -2.10. The molecule has 0 aliphatic carbocycles. The maximum Gasteiger partial charge on any atom is 0.341 e. The van der Waals surface area contributed by atoms with Crippen molar-refractivity contribution in [3.05, 3.63) is 153 Å². The van der Waals surface area contributed by atoms with Crippen LogP contribution in [0.2, 0.25) is 10.0 Å². The predicted molar refractivity (Wildman–Crippen MR) is 223 cm³/mol. The minimum atomic E-state index is -1.04. The Balaban J connectivity index is 0.000000290. The van der Waals surface area contributed by atoms with E-state index in [9.17, 15) is 9.59 Å². The quantitative estimate of drug-likeness (QED) is 0.101. The molecule has 10 heteroatoms. The van der Waals surface area contributed by atoms with E-state index in [-0.39, 0.29) is 0 Å². The molecule has 0 aliphatic rings. The van der Waals surface area contributed by atoms with Gasteiger partial charge >= 0.3 is 11.9 Å². The maximum absolute atomic E-state index is 10.8. The van der Waals surface area contributed by atoms with Crippen LogP contribution in [0.15, 0.2) is 119 Å². The average Bonchev–Trinajstić information content (AvgIpc) is 3.18. The summed E-state index contributed by atoms with van der Waals surface area (Å²) in [6.07, 6.45) is 3.02. The molecule has 278 valence electrons. The summed E-state index contributed by atoms with van der Waals surface area (Å²) in [5, 5.41) is 18.6. The highest BCUT2D eigenvalue weighted by atomic mass is 35.5. The Morgan fingerprint density at radius 1 is 0.648 bits per heavy atom. The Kier molecular flexibility index (Phi) is 19.0. The Morgan fingerprint density at radius 2 is 1.17 bits per heavy atom. The van der Waals surface area contributed by atoms with Crippen LogP contribution >= 0.6 is 46.7 Å². The molecule has 0 fully saturated rings. The first kappa shape index (κ1) is 43.4. The van der Waals surface area contributed by atoms with Gasteiger partial charge in [-0.05, 0) is 104 Å². The van der Waals surface area contributed by atoms with Crippen molar-refractivity contribution >= 4 is 58.7 Å². The minimum Gasteiger partial charge on any atom is -0.481 e. The molecule has 5 rings (SSSR count). The highest BCUT2D eigenvalue weighted by molar-refractivity contribution is 7.99. The molecule has 0 aromatic heterocycles. The summed E-state index contributed by atoms with van der Waals surface area (Å²) >= 11 is 15.5. The van der Waals surface area contributed by atoms with Crippen LogP contribution in [0.4, 0.5) is 0 Å². The molecule has 5 aromatic rings. The molecule has 0 spiro atoms. The van der Waals surface area contributed by atoms with Gasteiger partial charge in [-0.15, -0.1) is 23.5 Å². The summed E-state index contributed by atoms with van der Waals surface area (Å²) in [5.74, 6) is 12.0. The molecule has 0 bridgehead atoms. The topological polar surface area (TPSA) is 93.1 Å². The van der Waals surface area contributed by atoms with Crippen molar-refractivity contribution in [3.63, 3.8) is 0 Å². The summed E-state index contributed by atoms with van der Waals surface area (Å²) in [6.45, 7) is 5.17. The number of carboxylic acid groups (broad SMARTS) is 2. The van der Waals surface area contributed by atoms with E-state index in [4.69, 9.17) is 42.9 Å². The van der Waals surface area contributed by atoms with Gasteiger partial charge in [-0.1, -0.05) is 97.1 Å². The Hall–Kier alpha value is -4.96. The maximum atomic E-state index is 10.8. The van der Waals surface area contributed by atoms with Crippen molar-refractivity contribution in [3.8, 4) is 35.2 Å². The van der Waals surface area contributed by atoms with Gasteiger partial charge in [0.15, 0.2) is 13.2 Å². The third kappa shape index (κ3) is 15.6. The summed E-state index contributed by atoms with van der Waals surface area (Å²) in [6, 6.07) is 34.4. The first-order valence-corrected chi connectivity index (χ1v) is 19.8. The van der Waals surface area contributed by atoms with E-state index in [0.717, 1.165) is 33.8 Å². The number of benzene rings is 5. The molecule has 54 heavy (non-hydrogen) atoms. The molecule has 2 N–H and O–H groups in total.